The molecule has 5 rings (SSSR count). The number of anilines is 1. The number of benzene rings is 3. The van der Waals surface area contributed by atoms with Crippen LogP contribution < -0.4 is 54.2 Å². The average Bonchev–Trinajstić information content (AvgIpc) is 3.42. The number of hydrogen-bond acceptors (Lipinski definition) is 11. The van der Waals surface area contributed by atoms with Crippen molar-refractivity contribution in [2.24, 2.45) is 5.73 Å². The topological polar surface area (TPSA) is 156 Å². The van der Waals surface area contributed by atoms with Crippen molar-refractivity contribution in [3.8, 4) is 40.6 Å². The van der Waals surface area contributed by atoms with E-state index in [1.807, 2.05) is 0 Å². The Kier molecular flexibility index (Phi) is 9.43. The van der Waals surface area contributed by atoms with Crippen LogP contribution in [0.3, 0.4) is 0 Å². The fourth-order valence-electron chi connectivity index (χ4n) is 5.48. The third-order valence-electron chi connectivity index (χ3n) is 7.63. The third-order valence-corrected chi connectivity index (χ3v) is 8.74. The highest BCUT2D eigenvalue weighted by Crippen LogP contribution is 2.44. The highest BCUT2D eigenvalue weighted by molar-refractivity contribution is 7.07. The molecule has 1 aliphatic rings. The molecule has 0 fully saturated rings. The Morgan fingerprint density at radius 3 is 2.17 bits per heavy atom. The lowest BCUT2D eigenvalue weighted by Crippen LogP contribution is -2.40. The zero-order valence-electron chi connectivity index (χ0n) is 26.5. The van der Waals surface area contributed by atoms with Gasteiger partial charge >= 0.3 is 0 Å². The minimum absolute atomic E-state index is 0.0266. The number of carbonyl (C=O) groups excluding carboxylic acids is 1. The maximum Gasteiger partial charge on any atom is 0.274 e. The quantitative estimate of drug-likeness (QED) is 0.260. The number of nitrogens with two attached hydrogens (primary N) is 1. The number of nitrogens with zero attached hydrogens (tertiary/aromatic N) is 2. The monoisotopic (exact) mass is 656 g/mol. The van der Waals surface area contributed by atoms with Crippen LogP contribution in [0, 0.1) is 11.3 Å². The number of ether oxygens (including phenoxy) is 6. The van der Waals surface area contributed by atoms with E-state index in [0.29, 0.717) is 51.3 Å². The van der Waals surface area contributed by atoms with Crippen LogP contribution in [0.4, 0.5) is 5.69 Å². The lowest BCUT2D eigenvalue weighted by atomic mass is 9.82. The predicted octanol–water partition coefficient (Wildman–Crippen LogP) is 3.03. The summed E-state index contributed by atoms with van der Waals surface area (Å²) in [6, 6.07) is 17.5. The van der Waals surface area contributed by atoms with Gasteiger partial charge in [-0.3, -0.25) is 14.2 Å². The molecule has 0 radical (unpaired) electrons. The predicted molar refractivity (Wildman–Crippen MR) is 178 cm³/mol. The summed E-state index contributed by atoms with van der Waals surface area (Å²) in [6.07, 6.45) is 1.63. The number of fused-ring (bicyclic) bond motifs is 1. The van der Waals surface area contributed by atoms with Gasteiger partial charge in [0.1, 0.15) is 22.0 Å². The maximum atomic E-state index is 14.5. The highest BCUT2D eigenvalue weighted by atomic mass is 32.1. The van der Waals surface area contributed by atoms with Gasteiger partial charge in [0.05, 0.1) is 76.0 Å². The lowest BCUT2D eigenvalue weighted by Gasteiger charge is -2.27. The molecule has 0 aliphatic carbocycles. The number of nitrogens with one attached hydrogen (secondary N) is 1. The maximum absolute atomic E-state index is 14.5. The summed E-state index contributed by atoms with van der Waals surface area (Å²) < 4.78 is 34.7. The van der Waals surface area contributed by atoms with Gasteiger partial charge in [0, 0.05) is 17.2 Å². The molecule has 13 heteroatoms. The molecule has 1 aliphatic heterocycles. The summed E-state index contributed by atoms with van der Waals surface area (Å²) in [5, 5.41) is 13.4. The van der Waals surface area contributed by atoms with Crippen LogP contribution in [0.5, 0.6) is 34.5 Å². The first-order valence-electron chi connectivity index (χ1n) is 14.1. The Bertz CT molecular complexity index is 2130. The molecular weight excluding hydrogens is 624 g/mol. The van der Waals surface area contributed by atoms with E-state index >= 15 is 0 Å². The summed E-state index contributed by atoms with van der Waals surface area (Å²) in [4.78, 5) is 28.5. The highest BCUT2D eigenvalue weighted by Gasteiger charge is 2.38. The second-order valence-corrected chi connectivity index (χ2v) is 11.0. The van der Waals surface area contributed by atoms with E-state index in [0.717, 1.165) is 11.3 Å². The Morgan fingerprint density at radius 2 is 1.55 bits per heavy atom. The van der Waals surface area contributed by atoms with Gasteiger partial charge in [-0.05, 0) is 30.3 Å². The fourth-order valence-corrected chi connectivity index (χ4v) is 6.64. The molecular formula is C34H32N4O8S. The molecule has 1 unspecified atom stereocenters. The Hall–Kier alpha value is -5.87. The van der Waals surface area contributed by atoms with E-state index in [9.17, 15) is 14.9 Å². The standard InChI is InChI=1S/C34H32N4O8S/c1-41-19-13-14-22(25(16-19)44-4)37-32(39)28-27(20-10-8-12-24(43-3)30(20)46-6)21(17-35)31(36)38-33(40)26(47-34(28)38)15-18-9-7-11-23(42-2)29(18)45-5/h7-16,27H,36H2,1-6H3,(H,37,39)/b26-15-. The molecule has 1 aromatic heterocycles. The summed E-state index contributed by atoms with van der Waals surface area (Å²) in [5.74, 6) is 0.650. The first-order chi connectivity index (χ1) is 22.8. The number of hydrogen-bond donors (Lipinski definition) is 2. The molecule has 0 bridgehead atoms. The zero-order valence-corrected chi connectivity index (χ0v) is 27.3. The van der Waals surface area contributed by atoms with Crippen molar-refractivity contribution in [1.29, 1.82) is 5.26 Å². The molecule has 3 aromatic carbocycles. The number of carbonyl (C=O) groups is 1. The van der Waals surface area contributed by atoms with Gasteiger partial charge in [-0.1, -0.05) is 24.3 Å². The van der Waals surface area contributed by atoms with Gasteiger partial charge in [0.15, 0.2) is 23.0 Å². The number of aromatic nitrogens is 1. The largest absolute Gasteiger partial charge is 0.497 e. The van der Waals surface area contributed by atoms with Gasteiger partial charge in [0.25, 0.3) is 11.5 Å². The van der Waals surface area contributed by atoms with Crippen LogP contribution in [-0.4, -0.2) is 53.1 Å². The van der Waals surface area contributed by atoms with Crippen molar-refractivity contribution >= 4 is 40.4 Å². The smallest absolute Gasteiger partial charge is 0.274 e. The van der Waals surface area contributed by atoms with E-state index in [4.69, 9.17) is 34.2 Å². The Labute approximate surface area is 274 Å². The van der Waals surface area contributed by atoms with E-state index in [-0.39, 0.29) is 26.2 Å². The van der Waals surface area contributed by atoms with Gasteiger partial charge in [-0.25, -0.2) is 0 Å². The lowest BCUT2D eigenvalue weighted by molar-refractivity contribution is -0.111. The van der Waals surface area contributed by atoms with E-state index < -0.39 is 17.4 Å². The van der Waals surface area contributed by atoms with Crippen LogP contribution in [0.1, 0.15) is 17.0 Å². The van der Waals surface area contributed by atoms with Crippen molar-refractivity contribution in [3.63, 3.8) is 0 Å². The Morgan fingerprint density at radius 1 is 0.894 bits per heavy atom. The fraction of sp³-hybridized carbons (Fsp3) is 0.206. The van der Waals surface area contributed by atoms with E-state index in [1.54, 1.807) is 60.7 Å². The first kappa shape index (κ1) is 32.5. The minimum atomic E-state index is -1.05. The van der Waals surface area contributed by atoms with Crippen molar-refractivity contribution < 1.29 is 33.2 Å². The van der Waals surface area contributed by atoms with Crippen molar-refractivity contribution in [3.05, 3.63) is 90.8 Å². The summed E-state index contributed by atoms with van der Waals surface area (Å²) in [7, 11) is 8.93. The minimum Gasteiger partial charge on any atom is -0.497 e. The molecule has 0 saturated heterocycles. The molecule has 0 spiro atoms. The van der Waals surface area contributed by atoms with Gasteiger partial charge in [-0.15, -0.1) is 11.3 Å². The number of allylic oxidation sites excluding steroid dienone is 1. The average molecular weight is 657 g/mol. The molecule has 1 amide bonds. The van der Waals surface area contributed by atoms with E-state index in [2.05, 4.69) is 11.4 Å². The van der Waals surface area contributed by atoms with Crippen LogP contribution in [0.15, 0.2) is 65.0 Å². The van der Waals surface area contributed by atoms with Crippen molar-refractivity contribution in [2.45, 2.75) is 5.92 Å². The van der Waals surface area contributed by atoms with Crippen LogP contribution in [-0.2, 0) is 4.79 Å². The zero-order chi connectivity index (χ0) is 33.8. The normalized spacial score (nSPS) is 14.2. The molecule has 3 N–H and O–H groups in total. The summed E-state index contributed by atoms with van der Waals surface area (Å²) in [6.45, 7) is 0. The van der Waals surface area contributed by atoms with Crippen LogP contribution in [0.2, 0.25) is 0 Å². The molecule has 12 nitrogen and oxygen atoms in total. The number of methoxy groups -OCH3 is 6. The Balaban J connectivity index is 1.86. The van der Waals surface area contributed by atoms with Crippen molar-refractivity contribution in [2.75, 3.05) is 48.0 Å². The molecule has 1 atom stereocenters. The number of nitriles is 1. The molecule has 2 heterocycles. The van der Waals surface area contributed by atoms with Gasteiger partial charge in [0.2, 0.25) is 0 Å². The second kappa shape index (κ2) is 13.6. The van der Waals surface area contributed by atoms with Crippen molar-refractivity contribution in [1.82, 2.24) is 4.57 Å². The van der Waals surface area contributed by atoms with Crippen LogP contribution >= 0.6 is 11.3 Å². The summed E-state index contributed by atoms with van der Waals surface area (Å²) in [5.41, 5.74) is 7.47. The molecule has 47 heavy (non-hydrogen) atoms. The molecule has 242 valence electrons. The summed E-state index contributed by atoms with van der Waals surface area (Å²) >= 11 is 1.04. The second-order valence-electron chi connectivity index (χ2n) is 10.00. The van der Waals surface area contributed by atoms with Gasteiger partial charge < -0.3 is 39.5 Å². The number of para-hydroxylation sites is 2. The van der Waals surface area contributed by atoms with Gasteiger partial charge in [-0.2, -0.15) is 5.26 Å². The van der Waals surface area contributed by atoms with Crippen LogP contribution in [0.25, 0.3) is 17.5 Å². The SMILES string of the molecule is COc1ccc(NC(=O)C2=c3s/c(=C\c4cccc(OC)c4OC)c(=O)n3C(N)=C(C#N)C2c2cccc(OC)c2OC)c(OC)c1. The molecule has 4 aromatic rings. The van der Waals surface area contributed by atoms with E-state index in [1.165, 1.54) is 47.2 Å². The number of thiazole rings is 1. The first-order valence-corrected chi connectivity index (χ1v) is 14.9. The third kappa shape index (κ3) is 5.70. The number of rotatable bonds is 10. The molecule has 0 saturated carbocycles. The number of amides is 1.